The van der Waals surface area contributed by atoms with Gasteiger partial charge >= 0.3 is 0 Å². The number of halogens is 1. The molecule has 0 spiro atoms. The zero-order valence-electron chi connectivity index (χ0n) is 19.3. The molecule has 5 nitrogen and oxygen atoms in total. The molecule has 4 rings (SSSR count). The van der Waals surface area contributed by atoms with Crippen LogP contribution in [0.4, 0.5) is 5.69 Å². The standard InChI is InChI=1S/C26H29ClN2O3/c1-16-6-7-20(27)13-23(16)28-8-10-29(11-9-28)24(30)12-17(2)21-14-22-18(3)15-32-26(22)19(4)25(21)31-5/h6-7,12-15H,8-11H2,1-5H3/b17-12+. The lowest BCUT2D eigenvalue weighted by Crippen LogP contribution is -2.48. The summed E-state index contributed by atoms with van der Waals surface area (Å²) in [4.78, 5) is 17.3. The van der Waals surface area contributed by atoms with Crippen LogP contribution in [0.2, 0.25) is 5.02 Å². The van der Waals surface area contributed by atoms with Gasteiger partial charge in [0.05, 0.1) is 13.4 Å². The second kappa shape index (κ2) is 8.91. The Kier molecular flexibility index (Phi) is 6.20. The van der Waals surface area contributed by atoms with Gasteiger partial charge in [0.15, 0.2) is 0 Å². The van der Waals surface area contributed by atoms with Crippen molar-refractivity contribution in [2.45, 2.75) is 27.7 Å². The highest BCUT2D eigenvalue weighted by Crippen LogP contribution is 2.37. The number of amides is 1. The highest BCUT2D eigenvalue weighted by atomic mass is 35.5. The molecule has 0 atom stereocenters. The van der Waals surface area contributed by atoms with Crippen LogP contribution in [0.3, 0.4) is 0 Å². The Morgan fingerprint density at radius 2 is 1.81 bits per heavy atom. The van der Waals surface area contributed by atoms with Crippen molar-refractivity contribution < 1.29 is 13.9 Å². The quantitative estimate of drug-likeness (QED) is 0.471. The molecular weight excluding hydrogens is 424 g/mol. The number of fused-ring (bicyclic) bond motifs is 1. The monoisotopic (exact) mass is 452 g/mol. The minimum Gasteiger partial charge on any atom is -0.496 e. The van der Waals surface area contributed by atoms with Gasteiger partial charge in [0.2, 0.25) is 5.91 Å². The number of anilines is 1. The zero-order valence-corrected chi connectivity index (χ0v) is 20.0. The number of carbonyl (C=O) groups excluding carboxylic acids is 1. The third-order valence-electron chi connectivity index (χ3n) is 6.31. The van der Waals surface area contributed by atoms with E-state index in [1.54, 1.807) is 19.4 Å². The van der Waals surface area contributed by atoms with E-state index in [1.165, 1.54) is 5.56 Å². The molecule has 6 heteroatoms. The van der Waals surface area contributed by atoms with Gasteiger partial charge in [-0.2, -0.15) is 0 Å². The van der Waals surface area contributed by atoms with Crippen molar-refractivity contribution in [3.8, 4) is 5.75 Å². The van der Waals surface area contributed by atoms with Crippen LogP contribution in [0.1, 0.15) is 29.2 Å². The van der Waals surface area contributed by atoms with Crippen LogP contribution in [0.25, 0.3) is 16.5 Å². The lowest BCUT2D eigenvalue weighted by atomic mass is 9.98. The number of methoxy groups -OCH3 is 1. The minimum absolute atomic E-state index is 0.0219. The summed E-state index contributed by atoms with van der Waals surface area (Å²) in [6.07, 6.45) is 3.48. The maximum absolute atomic E-state index is 13.1. The molecule has 1 amide bonds. The van der Waals surface area contributed by atoms with E-state index < -0.39 is 0 Å². The Labute approximate surface area is 194 Å². The molecule has 2 aromatic carbocycles. The van der Waals surface area contributed by atoms with Crippen LogP contribution in [0.15, 0.2) is 41.0 Å². The van der Waals surface area contributed by atoms with Crippen molar-refractivity contribution in [1.82, 2.24) is 4.90 Å². The summed E-state index contributed by atoms with van der Waals surface area (Å²) in [7, 11) is 1.65. The van der Waals surface area contributed by atoms with Crippen LogP contribution in [0.5, 0.6) is 5.75 Å². The number of benzene rings is 2. The lowest BCUT2D eigenvalue weighted by Gasteiger charge is -2.36. The lowest BCUT2D eigenvalue weighted by molar-refractivity contribution is -0.126. The first kappa shape index (κ1) is 22.3. The summed E-state index contributed by atoms with van der Waals surface area (Å²) < 4.78 is 11.4. The van der Waals surface area contributed by atoms with Crippen molar-refractivity contribution >= 4 is 39.7 Å². The van der Waals surface area contributed by atoms with E-state index in [0.29, 0.717) is 13.1 Å². The van der Waals surface area contributed by atoms with Crippen molar-refractivity contribution in [3.63, 3.8) is 0 Å². The number of allylic oxidation sites excluding steroid dienone is 1. The Morgan fingerprint density at radius 3 is 2.50 bits per heavy atom. The van der Waals surface area contributed by atoms with Crippen molar-refractivity contribution in [2.24, 2.45) is 0 Å². The average molecular weight is 453 g/mol. The Hall–Kier alpha value is -2.92. The van der Waals surface area contributed by atoms with E-state index in [9.17, 15) is 4.79 Å². The third kappa shape index (κ3) is 4.09. The number of furan rings is 1. The van der Waals surface area contributed by atoms with Gasteiger partial charge in [-0.15, -0.1) is 0 Å². The number of rotatable bonds is 4. The fraction of sp³-hybridized carbons (Fsp3) is 0.346. The van der Waals surface area contributed by atoms with E-state index >= 15 is 0 Å². The molecule has 32 heavy (non-hydrogen) atoms. The van der Waals surface area contributed by atoms with Crippen LogP contribution in [-0.4, -0.2) is 44.1 Å². The van der Waals surface area contributed by atoms with Crippen LogP contribution < -0.4 is 9.64 Å². The fourth-order valence-corrected chi connectivity index (χ4v) is 4.61. The van der Waals surface area contributed by atoms with Gasteiger partial charge in [-0.25, -0.2) is 0 Å². The predicted octanol–water partition coefficient (Wildman–Crippen LogP) is 5.77. The molecule has 1 aliphatic rings. The Bertz CT molecular complexity index is 1200. The summed E-state index contributed by atoms with van der Waals surface area (Å²) in [5.41, 5.74) is 6.97. The highest BCUT2D eigenvalue weighted by molar-refractivity contribution is 6.30. The van der Waals surface area contributed by atoms with E-state index in [1.807, 2.05) is 43.9 Å². The SMILES string of the molecule is COc1c(/C(C)=C/C(=O)N2CCN(c3cc(Cl)ccc3C)CC2)cc2c(C)coc2c1C. The molecular formula is C26H29ClN2O3. The number of ether oxygens (including phenoxy) is 1. The van der Waals surface area contributed by atoms with Crippen molar-refractivity contribution in [3.05, 3.63) is 63.9 Å². The average Bonchev–Trinajstić information content (AvgIpc) is 3.16. The summed E-state index contributed by atoms with van der Waals surface area (Å²) in [6.45, 7) is 11.0. The van der Waals surface area contributed by atoms with E-state index in [-0.39, 0.29) is 5.91 Å². The Morgan fingerprint density at radius 1 is 1.09 bits per heavy atom. The van der Waals surface area contributed by atoms with Crippen molar-refractivity contribution in [2.75, 3.05) is 38.2 Å². The van der Waals surface area contributed by atoms with Gasteiger partial charge < -0.3 is 19.0 Å². The van der Waals surface area contributed by atoms with Crippen LogP contribution in [-0.2, 0) is 4.79 Å². The fourth-order valence-electron chi connectivity index (χ4n) is 4.44. The molecule has 0 radical (unpaired) electrons. The normalized spacial score (nSPS) is 14.9. The summed E-state index contributed by atoms with van der Waals surface area (Å²) >= 11 is 6.19. The molecule has 1 aromatic heterocycles. The molecule has 1 saturated heterocycles. The Balaban J connectivity index is 1.53. The van der Waals surface area contributed by atoms with Crippen LogP contribution in [0, 0.1) is 20.8 Å². The smallest absolute Gasteiger partial charge is 0.246 e. The number of piperazine rings is 1. The minimum atomic E-state index is 0.0219. The predicted molar refractivity (Wildman–Crippen MR) is 131 cm³/mol. The first-order chi connectivity index (χ1) is 15.3. The third-order valence-corrected chi connectivity index (χ3v) is 6.54. The molecule has 0 aliphatic carbocycles. The number of hydrogen-bond acceptors (Lipinski definition) is 4. The summed E-state index contributed by atoms with van der Waals surface area (Å²) in [5.74, 6) is 0.767. The molecule has 2 heterocycles. The largest absolute Gasteiger partial charge is 0.496 e. The number of nitrogens with zero attached hydrogens (tertiary/aromatic N) is 2. The van der Waals surface area contributed by atoms with Gasteiger partial charge in [0.1, 0.15) is 11.3 Å². The van der Waals surface area contributed by atoms with Crippen LogP contribution >= 0.6 is 11.6 Å². The molecule has 1 fully saturated rings. The number of hydrogen-bond donors (Lipinski definition) is 0. The molecule has 0 saturated carbocycles. The first-order valence-electron chi connectivity index (χ1n) is 10.8. The molecule has 0 N–H and O–H groups in total. The topological polar surface area (TPSA) is 45.9 Å². The summed E-state index contributed by atoms with van der Waals surface area (Å²) in [6, 6.07) is 8.00. The van der Waals surface area contributed by atoms with Gasteiger partial charge in [-0.1, -0.05) is 17.7 Å². The maximum Gasteiger partial charge on any atom is 0.246 e. The van der Waals surface area contributed by atoms with E-state index in [0.717, 1.165) is 62.8 Å². The second-order valence-electron chi connectivity index (χ2n) is 8.45. The first-order valence-corrected chi connectivity index (χ1v) is 11.2. The van der Waals surface area contributed by atoms with Crippen molar-refractivity contribution in [1.29, 1.82) is 0 Å². The molecule has 168 valence electrons. The van der Waals surface area contributed by atoms with E-state index in [2.05, 4.69) is 17.9 Å². The van der Waals surface area contributed by atoms with Gasteiger partial charge in [0, 0.05) is 59.5 Å². The van der Waals surface area contributed by atoms with Gasteiger partial charge in [-0.05, 0) is 62.6 Å². The zero-order chi connectivity index (χ0) is 23.0. The number of aryl methyl sites for hydroxylation is 3. The summed E-state index contributed by atoms with van der Waals surface area (Å²) in [5, 5.41) is 1.78. The van der Waals surface area contributed by atoms with Gasteiger partial charge in [-0.3, -0.25) is 4.79 Å². The maximum atomic E-state index is 13.1. The molecule has 1 aliphatic heterocycles. The van der Waals surface area contributed by atoms with E-state index in [4.69, 9.17) is 20.8 Å². The van der Waals surface area contributed by atoms with Gasteiger partial charge in [0.25, 0.3) is 0 Å². The molecule has 0 bridgehead atoms. The number of carbonyl (C=O) groups is 1. The molecule has 3 aromatic rings. The molecule has 0 unspecified atom stereocenters. The highest BCUT2D eigenvalue weighted by Gasteiger charge is 2.22. The second-order valence-corrected chi connectivity index (χ2v) is 8.88.